The van der Waals surface area contributed by atoms with Crippen LogP contribution < -0.4 is 14.8 Å². The first-order valence-corrected chi connectivity index (χ1v) is 15.4. The van der Waals surface area contributed by atoms with Crippen molar-refractivity contribution < 1.29 is 19.4 Å². The van der Waals surface area contributed by atoms with Gasteiger partial charge in [-0.25, -0.2) is 19.5 Å². The molecule has 10 nitrogen and oxygen atoms in total. The Bertz CT molecular complexity index is 1800. The van der Waals surface area contributed by atoms with Crippen LogP contribution in [-0.4, -0.2) is 55.3 Å². The first-order chi connectivity index (χ1) is 19.9. The zero-order valence-corrected chi connectivity index (χ0v) is 24.9. The number of methoxy groups -OCH3 is 1. The van der Waals surface area contributed by atoms with E-state index in [1.54, 1.807) is 23.8 Å². The molecule has 13 heteroatoms. The van der Waals surface area contributed by atoms with E-state index in [0.717, 1.165) is 47.2 Å². The Morgan fingerprint density at radius 2 is 1.95 bits per heavy atom. The second-order valence-corrected chi connectivity index (χ2v) is 12.3. The number of ether oxygens (including phenoxy) is 2. The minimum absolute atomic E-state index is 0.0868. The van der Waals surface area contributed by atoms with Crippen molar-refractivity contribution in [1.82, 2.24) is 29.9 Å². The van der Waals surface area contributed by atoms with Crippen LogP contribution >= 0.6 is 34.0 Å². The van der Waals surface area contributed by atoms with Crippen LogP contribution in [-0.2, 0) is 6.61 Å². The summed E-state index contributed by atoms with van der Waals surface area (Å²) in [6.45, 7) is 4.06. The number of aryl methyl sites for hydroxylation is 1. The van der Waals surface area contributed by atoms with Gasteiger partial charge in [-0.2, -0.15) is 5.10 Å². The van der Waals surface area contributed by atoms with E-state index in [1.165, 1.54) is 34.0 Å². The molecule has 6 rings (SSSR count). The van der Waals surface area contributed by atoms with E-state index in [-0.39, 0.29) is 25.2 Å². The van der Waals surface area contributed by atoms with Gasteiger partial charge in [-0.05, 0) is 25.5 Å². The van der Waals surface area contributed by atoms with Crippen molar-refractivity contribution in [1.29, 1.82) is 0 Å². The number of rotatable bonds is 10. The van der Waals surface area contributed by atoms with Gasteiger partial charge in [0.15, 0.2) is 0 Å². The van der Waals surface area contributed by atoms with Crippen molar-refractivity contribution >= 4 is 55.1 Å². The van der Waals surface area contributed by atoms with Gasteiger partial charge in [0.05, 0.1) is 41.9 Å². The minimum atomic E-state index is -0.254. The van der Waals surface area contributed by atoms with E-state index in [0.29, 0.717) is 23.5 Å². The number of hydrogen-bond acceptors (Lipinski definition) is 11. The van der Waals surface area contributed by atoms with E-state index in [1.807, 2.05) is 49.7 Å². The number of hydrogen-bond donors (Lipinski definition) is 2. The molecule has 0 spiro atoms. The van der Waals surface area contributed by atoms with Crippen molar-refractivity contribution in [2.75, 3.05) is 13.7 Å². The highest BCUT2D eigenvalue weighted by atomic mass is 32.1. The lowest BCUT2D eigenvalue weighted by Crippen LogP contribution is -2.36. The van der Waals surface area contributed by atoms with E-state index in [4.69, 9.17) is 19.4 Å². The largest absolute Gasteiger partial charge is 0.497 e. The number of aromatic nitrogens is 5. The second kappa shape index (κ2) is 11.5. The highest BCUT2D eigenvalue weighted by Crippen LogP contribution is 2.39. The van der Waals surface area contributed by atoms with Crippen molar-refractivity contribution in [3.63, 3.8) is 0 Å². The highest BCUT2D eigenvalue weighted by molar-refractivity contribution is 7.22. The molecule has 0 bridgehead atoms. The third kappa shape index (κ3) is 5.66. The Kier molecular flexibility index (Phi) is 7.67. The Morgan fingerprint density at radius 1 is 1.12 bits per heavy atom. The molecule has 2 aromatic carbocycles. The molecule has 4 heterocycles. The number of nitrogens with one attached hydrogen (secondary N) is 1. The van der Waals surface area contributed by atoms with E-state index in [2.05, 4.69) is 15.4 Å². The maximum atomic E-state index is 12.4. The van der Waals surface area contributed by atoms with Gasteiger partial charge in [0.25, 0.3) is 5.91 Å². The van der Waals surface area contributed by atoms with Gasteiger partial charge in [-0.15, -0.1) is 22.7 Å². The summed E-state index contributed by atoms with van der Waals surface area (Å²) < 4.78 is 14.4. The number of nitrogens with zero attached hydrogens (tertiary/aromatic N) is 5. The molecule has 0 aliphatic carbocycles. The normalized spacial score (nSPS) is 12.2. The lowest BCUT2D eigenvalue weighted by atomic mass is 10.1. The predicted molar refractivity (Wildman–Crippen MR) is 161 cm³/mol. The fourth-order valence-electron chi connectivity index (χ4n) is 4.18. The van der Waals surface area contributed by atoms with Crippen LogP contribution in [0.4, 0.5) is 0 Å². The molecule has 4 aromatic heterocycles. The fourth-order valence-corrected chi connectivity index (χ4v) is 6.68. The van der Waals surface area contributed by atoms with Crippen LogP contribution in [0.5, 0.6) is 11.5 Å². The lowest BCUT2D eigenvalue weighted by Gasteiger charge is -2.13. The summed E-state index contributed by atoms with van der Waals surface area (Å²) in [7, 11) is 1.62. The quantitative estimate of drug-likeness (QED) is 0.207. The molecule has 41 heavy (non-hydrogen) atoms. The van der Waals surface area contributed by atoms with Gasteiger partial charge < -0.3 is 19.9 Å². The first-order valence-electron chi connectivity index (χ1n) is 12.8. The molecule has 0 aliphatic heterocycles. The van der Waals surface area contributed by atoms with Crippen LogP contribution in [0.25, 0.3) is 36.5 Å². The molecule has 6 aromatic rings. The molecular weight excluding hydrogens is 581 g/mol. The molecule has 0 aliphatic rings. The molecular formula is C28H26N6O4S3. The summed E-state index contributed by atoms with van der Waals surface area (Å²) in [5.74, 6) is 1.11. The van der Waals surface area contributed by atoms with Gasteiger partial charge >= 0.3 is 0 Å². The van der Waals surface area contributed by atoms with Gasteiger partial charge in [0.2, 0.25) is 4.96 Å². The summed E-state index contributed by atoms with van der Waals surface area (Å²) in [4.78, 5) is 27.5. The molecule has 1 unspecified atom stereocenters. The predicted octanol–water partition coefficient (Wildman–Crippen LogP) is 5.59. The maximum Gasteiger partial charge on any atom is 0.251 e. The number of thiazole rings is 2. The average molecular weight is 607 g/mol. The van der Waals surface area contributed by atoms with Crippen molar-refractivity contribution in [3.05, 3.63) is 64.2 Å². The molecule has 210 valence electrons. The highest BCUT2D eigenvalue weighted by Gasteiger charge is 2.17. The van der Waals surface area contributed by atoms with Crippen LogP contribution in [0.2, 0.25) is 0 Å². The molecule has 0 fully saturated rings. The number of fused-ring (bicyclic) bond motifs is 2. The summed E-state index contributed by atoms with van der Waals surface area (Å²) in [6.07, 6.45) is 2.55. The smallest absolute Gasteiger partial charge is 0.251 e. The molecule has 1 atom stereocenters. The Balaban J connectivity index is 1.18. The Hall–Kier alpha value is -3.91. The average Bonchev–Trinajstić information content (AvgIpc) is 3.77. The number of carbonyl (C=O) groups excluding carboxylic acids is 1. The van der Waals surface area contributed by atoms with Crippen molar-refractivity contribution in [2.45, 2.75) is 32.9 Å². The van der Waals surface area contributed by atoms with Gasteiger partial charge in [-0.1, -0.05) is 30.4 Å². The summed E-state index contributed by atoms with van der Waals surface area (Å²) in [5, 5.41) is 21.1. The molecule has 0 saturated carbocycles. The zero-order valence-electron chi connectivity index (χ0n) is 22.5. The van der Waals surface area contributed by atoms with Crippen molar-refractivity contribution in [2.24, 2.45) is 0 Å². The first kappa shape index (κ1) is 27.3. The van der Waals surface area contributed by atoms with Crippen LogP contribution in [0.3, 0.4) is 0 Å². The zero-order chi connectivity index (χ0) is 28.5. The standard InChI is InChI=1S/C28H26N6O4S3/c1-4-18(12-35)29-25(36)16-5-7-17(8-6-16)26-30-19(14-39-26)13-38-23-10-20(37-3)9-21-24(23)41-27(31-21)22-11-34-28(32-22)40-15(2)33-34/h5-11,14,18,35H,4,12-13H2,1-3H3,(H,29,36). The third-order valence-corrected chi connectivity index (χ3v) is 9.28. The SMILES string of the molecule is CCC(CO)NC(=O)c1ccc(-c2nc(COc3cc(OC)cc4nc(-c5cn6nc(C)sc6n5)sc34)cs2)cc1. The molecule has 0 radical (unpaired) electrons. The topological polar surface area (TPSA) is 124 Å². The third-order valence-electron chi connectivity index (χ3n) is 6.40. The molecule has 1 amide bonds. The number of imidazole rings is 1. The summed E-state index contributed by atoms with van der Waals surface area (Å²) >= 11 is 4.56. The van der Waals surface area contributed by atoms with Crippen LogP contribution in [0.1, 0.15) is 34.4 Å². The number of aliphatic hydroxyl groups excluding tert-OH is 1. The van der Waals surface area contributed by atoms with E-state index in [9.17, 15) is 9.90 Å². The van der Waals surface area contributed by atoms with Gasteiger partial charge in [0, 0.05) is 28.6 Å². The number of carbonyl (C=O) groups is 1. The molecule has 2 N–H and O–H groups in total. The number of aliphatic hydroxyl groups is 1. The number of benzene rings is 2. The summed E-state index contributed by atoms with van der Waals surface area (Å²) in [6, 6.07) is 10.8. The Morgan fingerprint density at radius 3 is 2.68 bits per heavy atom. The van der Waals surface area contributed by atoms with Gasteiger partial charge in [0.1, 0.15) is 38.8 Å². The maximum absolute atomic E-state index is 12.4. The Labute approximate surface area is 247 Å². The summed E-state index contributed by atoms with van der Waals surface area (Å²) in [5.41, 5.74) is 3.77. The second-order valence-electron chi connectivity index (χ2n) is 9.24. The van der Waals surface area contributed by atoms with Crippen LogP contribution in [0, 0.1) is 6.92 Å². The fraction of sp³-hybridized carbons (Fsp3) is 0.250. The van der Waals surface area contributed by atoms with Gasteiger partial charge in [-0.3, -0.25) is 4.79 Å². The van der Waals surface area contributed by atoms with E-state index >= 15 is 0 Å². The van der Waals surface area contributed by atoms with Crippen LogP contribution in [0.15, 0.2) is 48.0 Å². The number of amides is 1. The molecule has 0 saturated heterocycles. The monoisotopic (exact) mass is 606 g/mol. The minimum Gasteiger partial charge on any atom is -0.497 e. The van der Waals surface area contributed by atoms with Crippen molar-refractivity contribution in [3.8, 4) is 32.8 Å². The van der Waals surface area contributed by atoms with E-state index < -0.39 is 0 Å². The lowest BCUT2D eigenvalue weighted by molar-refractivity contribution is 0.0915.